The summed E-state index contributed by atoms with van der Waals surface area (Å²) in [5, 5.41) is 15.5. The van der Waals surface area contributed by atoms with Crippen LogP contribution in [0, 0.1) is 0 Å². The van der Waals surface area contributed by atoms with E-state index in [1.165, 1.54) is 6.07 Å². The highest BCUT2D eigenvalue weighted by Gasteiger charge is 2.20. The van der Waals surface area contributed by atoms with E-state index in [0.717, 1.165) is 11.1 Å². The van der Waals surface area contributed by atoms with Crippen LogP contribution in [0.5, 0.6) is 0 Å². The molecule has 3 aromatic rings. The third-order valence-corrected chi connectivity index (χ3v) is 7.84. The highest BCUT2D eigenvalue weighted by Crippen LogP contribution is 2.30. The van der Waals surface area contributed by atoms with Crippen molar-refractivity contribution in [1.82, 2.24) is 14.9 Å². The summed E-state index contributed by atoms with van der Waals surface area (Å²) in [5.41, 5.74) is 0.879. The van der Waals surface area contributed by atoms with E-state index in [1.807, 2.05) is 31.1 Å². The zero-order valence-corrected chi connectivity index (χ0v) is 19.0. The van der Waals surface area contributed by atoms with Crippen molar-refractivity contribution in [2.75, 3.05) is 30.9 Å². The Bertz CT molecular complexity index is 1340. The van der Waals surface area contributed by atoms with Crippen LogP contribution in [0.1, 0.15) is 6.42 Å². The number of benzene rings is 2. The molecule has 2 aromatic carbocycles. The fourth-order valence-electron chi connectivity index (χ4n) is 2.82. The minimum absolute atomic E-state index is 0.0536. The Balaban J connectivity index is 1.69. The molecule has 31 heavy (non-hydrogen) atoms. The lowest BCUT2D eigenvalue weighted by Gasteiger charge is -2.17. The van der Waals surface area contributed by atoms with Crippen LogP contribution < -0.4 is 20.1 Å². The van der Waals surface area contributed by atoms with Gasteiger partial charge in [-0.05, 0) is 12.1 Å². The van der Waals surface area contributed by atoms with Gasteiger partial charge in [0.05, 0.1) is 4.90 Å². The molecule has 0 spiro atoms. The van der Waals surface area contributed by atoms with Crippen LogP contribution in [-0.4, -0.2) is 53.6 Å². The molecule has 0 bridgehead atoms. The van der Waals surface area contributed by atoms with Crippen LogP contribution in [0.15, 0.2) is 45.6 Å². The molecule has 0 aliphatic heterocycles. The average Bonchev–Trinajstić information content (AvgIpc) is 3.15. The molecule has 1 heterocycles. The molecule has 0 radical (unpaired) electrons. The molecule has 0 saturated carbocycles. The standard InChI is InChI=1S/C17H20N6O5S3/c1-23(2)13-7-3-6-12-11(13)5-4-8-14(12)31(27,28)19-10-9-15(24)20-16-21-22-17(29-16)30(18,25)26/h3-8,19H,9-10H2,1-2H3,(H2,18,25,26)(H,20,21,24). The van der Waals surface area contributed by atoms with Crippen molar-refractivity contribution in [3.05, 3.63) is 36.4 Å². The van der Waals surface area contributed by atoms with E-state index in [1.54, 1.807) is 18.2 Å². The summed E-state index contributed by atoms with van der Waals surface area (Å²) < 4.78 is 50.0. The molecule has 0 aliphatic rings. The first-order chi connectivity index (χ1) is 14.5. The fourth-order valence-corrected chi connectivity index (χ4v) is 5.42. The van der Waals surface area contributed by atoms with E-state index >= 15 is 0 Å². The molecule has 0 unspecified atom stereocenters. The molecule has 14 heteroatoms. The normalized spacial score (nSPS) is 12.1. The van der Waals surface area contributed by atoms with Gasteiger partial charge in [0.2, 0.25) is 25.4 Å². The maximum Gasteiger partial charge on any atom is 0.267 e. The van der Waals surface area contributed by atoms with Crippen LogP contribution in [0.4, 0.5) is 10.8 Å². The largest absolute Gasteiger partial charge is 0.377 e. The SMILES string of the molecule is CN(C)c1cccc2c(S(=O)(=O)NCCC(=O)Nc3nnc(S(N)(=O)=O)s3)cccc12. The lowest BCUT2D eigenvalue weighted by atomic mass is 10.1. The van der Waals surface area contributed by atoms with Gasteiger partial charge in [-0.3, -0.25) is 4.79 Å². The predicted octanol–water partition coefficient (Wildman–Crippen LogP) is 0.712. The maximum atomic E-state index is 12.8. The smallest absolute Gasteiger partial charge is 0.267 e. The summed E-state index contributed by atoms with van der Waals surface area (Å²) in [5.74, 6) is -0.562. The van der Waals surface area contributed by atoms with Gasteiger partial charge in [0.25, 0.3) is 10.0 Å². The molecule has 11 nitrogen and oxygen atoms in total. The molecule has 0 aliphatic carbocycles. The zero-order chi connectivity index (χ0) is 22.8. The number of nitrogens with two attached hydrogens (primary N) is 1. The number of anilines is 2. The quantitative estimate of drug-likeness (QED) is 0.393. The van der Waals surface area contributed by atoms with E-state index in [4.69, 9.17) is 5.14 Å². The van der Waals surface area contributed by atoms with E-state index in [0.29, 0.717) is 16.7 Å². The third kappa shape index (κ3) is 5.34. The van der Waals surface area contributed by atoms with E-state index in [9.17, 15) is 21.6 Å². The van der Waals surface area contributed by atoms with Crippen molar-refractivity contribution in [3.8, 4) is 0 Å². The number of sulfonamides is 2. The van der Waals surface area contributed by atoms with Crippen molar-refractivity contribution in [2.24, 2.45) is 5.14 Å². The Morgan fingerprint density at radius 3 is 2.39 bits per heavy atom. The van der Waals surface area contributed by atoms with Crippen molar-refractivity contribution >= 4 is 58.9 Å². The fraction of sp³-hybridized carbons (Fsp3) is 0.235. The second-order valence-corrected chi connectivity index (χ2v) is 11.1. The molecule has 4 N–H and O–H groups in total. The molecule has 0 fully saturated rings. The van der Waals surface area contributed by atoms with Crippen LogP contribution in [-0.2, 0) is 24.8 Å². The molecule has 166 valence electrons. The van der Waals surface area contributed by atoms with Gasteiger partial charge >= 0.3 is 0 Å². The molecular formula is C17H20N6O5S3. The average molecular weight is 485 g/mol. The van der Waals surface area contributed by atoms with Crippen LogP contribution in [0.3, 0.4) is 0 Å². The number of hydrogen-bond donors (Lipinski definition) is 3. The Hall–Kier alpha value is -2.65. The molecule has 0 atom stereocenters. The monoisotopic (exact) mass is 484 g/mol. The number of hydrogen-bond acceptors (Lipinski definition) is 9. The number of nitrogens with zero attached hydrogens (tertiary/aromatic N) is 3. The number of rotatable bonds is 8. The topological polar surface area (TPSA) is 164 Å². The number of fused-ring (bicyclic) bond motifs is 1. The number of primary sulfonamides is 1. The molecule has 0 saturated heterocycles. The van der Waals surface area contributed by atoms with Crippen molar-refractivity contribution in [3.63, 3.8) is 0 Å². The number of aromatic nitrogens is 2. The highest BCUT2D eigenvalue weighted by molar-refractivity contribution is 7.91. The Morgan fingerprint density at radius 1 is 1.06 bits per heavy atom. The number of carbonyl (C=O) groups excluding carboxylic acids is 1. The first-order valence-corrected chi connectivity index (χ1v) is 12.7. The second-order valence-electron chi connectivity index (χ2n) is 6.64. The number of nitrogens with one attached hydrogen (secondary N) is 2. The highest BCUT2D eigenvalue weighted by atomic mass is 32.2. The van der Waals surface area contributed by atoms with Gasteiger partial charge in [-0.15, -0.1) is 10.2 Å². The Labute approximate surface area is 183 Å². The maximum absolute atomic E-state index is 12.8. The van der Waals surface area contributed by atoms with E-state index in [2.05, 4.69) is 20.2 Å². The lowest BCUT2D eigenvalue weighted by molar-refractivity contribution is -0.116. The Morgan fingerprint density at radius 2 is 1.74 bits per heavy atom. The third-order valence-electron chi connectivity index (χ3n) is 4.17. The summed E-state index contributed by atoms with van der Waals surface area (Å²) in [6.07, 6.45) is -0.197. The molecule has 3 rings (SSSR count). The molecule has 1 aromatic heterocycles. The van der Waals surface area contributed by atoms with Crippen LogP contribution in [0.25, 0.3) is 10.8 Å². The number of amides is 1. The van der Waals surface area contributed by atoms with Gasteiger partial charge in [0.15, 0.2) is 0 Å². The van der Waals surface area contributed by atoms with Gasteiger partial charge in [0, 0.05) is 43.5 Å². The Kier molecular flexibility index (Phi) is 6.56. The molecule has 1 amide bonds. The minimum atomic E-state index is -4.01. The van der Waals surface area contributed by atoms with Gasteiger partial charge < -0.3 is 10.2 Å². The zero-order valence-electron chi connectivity index (χ0n) is 16.6. The van der Waals surface area contributed by atoms with Gasteiger partial charge in [-0.2, -0.15) is 0 Å². The first kappa shape index (κ1) is 23.0. The summed E-state index contributed by atoms with van der Waals surface area (Å²) in [6.45, 7) is -0.168. The first-order valence-electron chi connectivity index (χ1n) is 8.84. The lowest BCUT2D eigenvalue weighted by Crippen LogP contribution is -2.28. The summed E-state index contributed by atoms with van der Waals surface area (Å²) in [7, 11) is -4.15. The summed E-state index contributed by atoms with van der Waals surface area (Å²) in [6, 6.07) is 10.4. The van der Waals surface area contributed by atoms with Crippen molar-refractivity contribution < 1.29 is 21.6 Å². The summed E-state index contributed by atoms with van der Waals surface area (Å²) >= 11 is 0.599. The van der Waals surface area contributed by atoms with Gasteiger partial charge in [-0.25, -0.2) is 26.7 Å². The van der Waals surface area contributed by atoms with Crippen LogP contribution in [0.2, 0.25) is 0 Å². The van der Waals surface area contributed by atoms with Gasteiger partial charge in [-0.1, -0.05) is 35.6 Å². The van der Waals surface area contributed by atoms with Crippen LogP contribution >= 0.6 is 11.3 Å². The number of carbonyl (C=O) groups is 1. The summed E-state index contributed by atoms with van der Waals surface area (Å²) in [4.78, 5) is 14.0. The van der Waals surface area contributed by atoms with Crippen molar-refractivity contribution in [2.45, 2.75) is 15.7 Å². The van der Waals surface area contributed by atoms with Crippen molar-refractivity contribution in [1.29, 1.82) is 0 Å². The second kappa shape index (κ2) is 8.84. The molecular weight excluding hydrogens is 464 g/mol. The predicted molar refractivity (Wildman–Crippen MR) is 118 cm³/mol. The van der Waals surface area contributed by atoms with Gasteiger partial charge in [0.1, 0.15) is 0 Å². The van der Waals surface area contributed by atoms with E-state index < -0.39 is 30.3 Å². The minimum Gasteiger partial charge on any atom is -0.377 e. The van der Waals surface area contributed by atoms with E-state index in [-0.39, 0.29) is 23.0 Å².